The van der Waals surface area contributed by atoms with Crippen molar-refractivity contribution >= 4 is 5.97 Å². The summed E-state index contributed by atoms with van der Waals surface area (Å²) in [6.45, 7) is 1.97. The zero-order chi connectivity index (χ0) is 11.5. The number of hydrogen-bond acceptors (Lipinski definition) is 3. The molecule has 0 amide bonds. The Balaban J connectivity index is 1.93. The maximum atomic E-state index is 11.4. The Morgan fingerprint density at radius 3 is 2.56 bits per heavy atom. The second-order valence-electron chi connectivity index (χ2n) is 4.52. The van der Waals surface area contributed by atoms with E-state index in [-0.39, 0.29) is 17.9 Å². The SMILES string of the molecule is CC(N)Cc1ccc(OC(=O)C2CC2)cc1. The fourth-order valence-corrected chi connectivity index (χ4v) is 1.58. The van der Waals surface area contributed by atoms with E-state index < -0.39 is 0 Å². The van der Waals surface area contributed by atoms with Gasteiger partial charge in [-0.25, -0.2) is 0 Å². The van der Waals surface area contributed by atoms with Gasteiger partial charge in [-0.3, -0.25) is 4.79 Å². The Labute approximate surface area is 95.6 Å². The van der Waals surface area contributed by atoms with Crippen molar-refractivity contribution in [2.45, 2.75) is 32.2 Å². The van der Waals surface area contributed by atoms with Crippen molar-refractivity contribution in [2.24, 2.45) is 11.7 Å². The van der Waals surface area contributed by atoms with Crippen molar-refractivity contribution in [1.29, 1.82) is 0 Å². The summed E-state index contributed by atoms with van der Waals surface area (Å²) >= 11 is 0. The monoisotopic (exact) mass is 219 g/mol. The van der Waals surface area contributed by atoms with Crippen LogP contribution in [0.25, 0.3) is 0 Å². The van der Waals surface area contributed by atoms with E-state index in [0.29, 0.717) is 5.75 Å². The lowest BCUT2D eigenvalue weighted by Gasteiger charge is -2.07. The number of esters is 1. The van der Waals surface area contributed by atoms with E-state index in [1.807, 2.05) is 31.2 Å². The summed E-state index contributed by atoms with van der Waals surface area (Å²) in [6, 6.07) is 7.73. The van der Waals surface area contributed by atoms with Crippen LogP contribution in [0.3, 0.4) is 0 Å². The lowest BCUT2D eigenvalue weighted by molar-refractivity contribution is -0.135. The van der Waals surface area contributed by atoms with E-state index >= 15 is 0 Å². The lowest BCUT2D eigenvalue weighted by Crippen LogP contribution is -2.17. The summed E-state index contributed by atoms with van der Waals surface area (Å²) < 4.78 is 5.23. The number of rotatable bonds is 4. The Bertz CT molecular complexity index is 366. The summed E-state index contributed by atoms with van der Waals surface area (Å²) in [4.78, 5) is 11.4. The number of nitrogens with two attached hydrogens (primary N) is 1. The van der Waals surface area contributed by atoms with Gasteiger partial charge in [0, 0.05) is 6.04 Å². The van der Waals surface area contributed by atoms with Gasteiger partial charge in [-0.05, 0) is 43.9 Å². The van der Waals surface area contributed by atoms with Gasteiger partial charge in [0.1, 0.15) is 5.75 Å². The lowest BCUT2D eigenvalue weighted by atomic mass is 10.1. The predicted molar refractivity (Wildman–Crippen MR) is 62.2 cm³/mol. The molecule has 1 atom stereocenters. The molecule has 0 radical (unpaired) electrons. The van der Waals surface area contributed by atoms with E-state index in [1.54, 1.807) is 0 Å². The molecule has 86 valence electrons. The third kappa shape index (κ3) is 3.07. The van der Waals surface area contributed by atoms with Crippen molar-refractivity contribution in [1.82, 2.24) is 0 Å². The van der Waals surface area contributed by atoms with E-state index in [1.165, 1.54) is 5.56 Å². The van der Waals surface area contributed by atoms with E-state index in [4.69, 9.17) is 10.5 Å². The maximum absolute atomic E-state index is 11.4. The molecule has 1 aliphatic rings. The van der Waals surface area contributed by atoms with Gasteiger partial charge < -0.3 is 10.5 Å². The molecule has 3 nitrogen and oxygen atoms in total. The molecule has 1 saturated carbocycles. The normalized spacial score (nSPS) is 16.9. The quantitative estimate of drug-likeness (QED) is 0.621. The highest BCUT2D eigenvalue weighted by Gasteiger charge is 2.31. The molecular weight excluding hydrogens is 202 g/mol. The van der Waals surface area contributed by atoms with Gasteiger partial charge in [0.15, 0.2) is 0 Å². The minimum Gasteiger partial charge on any atom is -0.426 e. The second kappa shape index (κ2) is 4.66. The van der Waals surface area contributed by atoms with Gasteiger partial charge in [0.25, 0.3) is 0 Å². The molecule has 0 spiro atoms. The molecule has 1 aromatic carbocycles. The minimum absolute atomic E-state index is 0.0973. The first-order valence-electron chi connectivity index (χ1n) is 5.71. The molecule has 1 fully saturated rings. The van der Waals surface area contributed by atoms with Crippen LogP contribution >= 0.6 is 0 Å². The highest BCUT2D eigenvalue weighted by atomic mass is 16.5. The average molecular weight is 219 g/mol. The summed E-state index contributed by atoms with van der Waals surface area (Å²) in [5.74, 6) is 0.675. The summed E-state index contributed by atoms with van der Waals surface area (Å²) in [5.41, 5.74) is 6.87. The largest absolute Gasteiger partial charge is 0.426 e. The van der Waals surface area contributed by atoms with Crippen LogP contribution in [0.15, 0.2) is 24.3 Å². The summed E-state index contributed by atoms with van der Waals surface area (Å²) in [6.07, 6.45) is 2.79. The zero-order valence-corrected chi connectivity index (χ0v) is 9.48. The molecule has 16 heavy (non-hydrogen) atoms. The number of carbonyl (C=O) groups is 1. The first-order chi connectivity index (χ1) is 7.65. The van der Waals surface area contributed by atoms with Crippen LogP contribution in [-0.2, 0) is 11.2 Å². The van der Waals surface area contributed by atoms with Crippen LogP contribution in [-0.4, -0.2) is 12.0 Å². The molecule has 0 aromatic heterocycles. The smallest absolute Gasteiger partial charge is 0.314 e. The molecule has 0 saturated heterocycles. The van der Waals surface area contributed by atoms with Crippen molar-refractivity contribution in [2.75, 3.05) is 0 Å². The van der Waals surface area contributed by atoms with E-state index in [9.17, 15) is 4.79 Å². The first-order valence-corrected chi connectivity index (χ1v) is 5.71. The Morgan fingerprint density at radius 2 is 2.06 bits per heavy atom. The maximum Gasteiger partial charge on any atom is 0.314 e. The number of benzene rings is 1. The van der Waals surface area contributed by atoms with Crippen LogP contribution in [0, 0.1) is 5.92 Å². The molecule has 0 bridgehead atoms. The fraction of sp³-hybridized carbons (Fsp3) is 0.462. The van der Waals surface area contributed by atoms with Gasteiger partial charge >= 0.3 is 5.97 Å². The van der Waals surface area contributed by atoms with Crippen molar-refractivity contribution in [3.8, 4) is 5.75 Å². The Kier molecular flexibility index (Phi) is 3.25. The van der Waals surface area contributed by atoms with Crippen LogP contribution in [0.4, 0.5) is 0 Å². The zero-order valence-electron chi connectivity index (χ0n) is 9.48. The van der Waals surface area contributed by atoms with Crippen LogP contribution in [0.5, 0.6) is 5.75 Å². The third-order valence-corrected chi connectivity index (χ3v) is 2.61. The molecule has 2 N–H and O–H groups in total. The van der Waals surface area contributed by atoms with E-state index in [0.717, 1.165) is 19.3 Å². The Morgan fingerprint density at radius 1 is 1.44 bits per heavy atom. The molecular formula is C13H17NO2. The molecule has 1 aliphatic carbocycles. The molecule has 1 aromatic rings. The van der Waals surface area contributed by atoms with Crippen molar-refractivity contribution in [3.63, 3.8) is 0 Å². The van der Waals surface area contributed by atoms with Crippen molar-refractivity contribution in [3.05, 3.63) is 29.8 Å². The van der Waals surface area contributed by atoms with E-state index in [2.05, 4.69) is 0 Å². The molecule has 2 rings (SSSR count). The minimum atomic E-state index is -0.0973. The Hall–Kier alpha value is -1.35. The number of carbonyl (C=O) groups excluding carboxylic acids is 1. The average Bonchev–Trinajstić information content (AvgIpc) is 3.03. The summed E-state index contributed by atoms with van der Waals surface area (Å²) in [5, 5.41) is 0. The number of ether oxygens (including phenoxy) is 1. The second-order valence-corrected chi connectivity index (χ2v) is 4.52. The molecule has 0 heterocycles. The van der Waals surface area contributed by atoms with Gasteiger partial charge in [-0.1, -0.05) is 12.1 Å². The first kappa shape index (κ1) is 11.1. The van der Waals surface area contributed by atoms with Gasteiger partial charge in [-0.15, -0.1) is 0 Å². The van der Waals surface area contributed by atoms with Gasteiger partial charge in [0.05, 0.1) is 5.92 Å². The van der Waals surface area contributed by atoms with Crippen LogP contribution in [0.2, 0.25) is 0 Å². The fourth-order valence-electron chi connectivity index (χ4n) is 1.58. The molecule has 1 unspecified atom stereocenters. The predicted octanol–water partition coefficient (Wildman–Crippen LogP) is 1.89. The van der Waals surface area contributed by atoms with Gasteiger partial charge in [0.2, 0.25) is 0 Å². The van der Waals surface area contributed by atoms with Crippen molar-refractivity contribution < 1.29 is 9.53 Å². The molecule has 0 aliphatic heterocycles. The van der Waals surface area contributed by atoms with Crippen LogP contribution < -0.4 is 10.5 Å². The number of hydrogen-bond donors (Lipinski definition) is 1. The summed E-state index contributed by atoms with van der Waals surface area (Å²) in [7, 11) is 0. The van der Waals surface area contributed by atoms with Gasteiger partial charge in [-0.2, -0.15) is 0 Å². The highest BCUT2D eigenvalue weighted by molar-refractivity contribution is 5.77. The highest BCUT2D eigenvalue weighted by Crippen LogP contribution is 2.30. The topological polar surface area (TPSA) is 52.3 Å². The standard InChI is InChI=1S/C13H17NO2/c1-9(14)8-10-2-6-12(7-3-10)16-13(15)11-4-5-11/h2-3,6-7,9,11H,4-5,8,14H2,1H3. The molecule has 3 heteroatoms. The third-order valence-electron chi connectivity index (χ3n) is 2.61. The van der Waals surface area contributed by atoms with Crippen LogP contribution in [0.1, 0.15) is 25.3 Å².